The van der Waals surface area contributed by atoms with Crippen molar-refractivity contribution in [2.45, 2.75) is 20.0 Å². The van der Waals surface area contributed by atoms with Gasteiger partial charge in [0.05, 0.1) is 23.4 Å². The van der Waals surface area contributed by atoms with Gasteiger partial charge in [-0.25, -0.2) is 9.97 Å². The molecule has 8 nitrogen and oxygen atoms in total. The van der Waals surface area contributed by atoms with Gasteiger partial charge in [0, 0.05) is 50.5 Å². The zero-order chi connectivity index (χ0) is 17.1. The Morgan fingerprint density at radius 1 is 1.08 bits per heavy atom. The van der Waals surface area contributed by atoms with Gasteiger partial charge >= 0.3 is 0 Å². The molecular formula is C16H19N7OS. The van der Waals surface area contributed by atoms with Gasteiger partial charge in [-0.3, -0.25) is 14.8 Å². The molecule has 0 saturated carbocycles. The monoisotopic (exact) mass is 357 g/mol. The predicted molar refractivity (Wildman–Crippen MR) is 92.7 cm³/mol. The van der Waals surface area contributed by atoms with Crippen molar-refractivity contribution in [1.82, 2.24) is 34.9 Å². The van der Waals surface area contributed by atoms with Crippen molar-refractivity contribution in [3.05, 3.63) is 40.6 Å². The van der Waals surface area contributed by atoms with Gasteiger partial charge < -0.3 is 4.52 Å². The Kier molecular flexibility index (Phi) is 4.77. The fourth-order valence-electron chi connectivity index (χ4n) is 2.84. The van der Waals surface area contributed by atoms with Gasteiger partial charge in [0.15, 0.2) is 0 Å². The summed E-state index contributed by atoms with van der Waals surface area (Å²) in [7, 11) is 0. The SMILES string of the molecule is Cc1nc(CN2CCN(Cc3nc(-c4cnccn4)no3)CC2)cs1. The maximum Gasteiger partial charge on any atom is 0.241 e. The highest BCUT2D eigenvalue weighted by Crippen LogP contribution is 2.15. The Hall–Kier alpha value is -2.23. The van der Waals surface area contributed by atoms with Gasteiger partial charge in [-0.2, -0.15) is 4.98 Å². The summed E-state index contributed by atoms with van der Waals surface area (Å²) in [4.78, 5) is 21.9. The van der Waals surface area contributed by atoms with Gasteiger partial charge in [-0.1, -0.05) is 5.16 Å². The minimum Gasteiger partial charge on any atom is -0.337 e. The third-order valence-corrected chi connectivity index (χ3v) is 4.96. The lowest BCUT2D eigenvalue weighted by Gasteiger charge is -2.33. The molecule has 0 radical (unpaired) electrons. The quantitative estimate of drug-likeness (QED) is 0.681. The van der Waals surface area contributed by atoms with Crippen molar-refractivity contribution in [2.75, 3.05) is 26.2 Å². The summed E-state index contributed by atoms with van der Waals surface area (Å²) in [6, 6.07) is 0. The van der Waals surface area contributed by atoms with E-state index in [0.29, 0.717) is 24.0 Å². The van der Waals surface area contributed by atoms with E-state index < -0.39 is 0 Å². The second-order valence-electron chi connectivity index (χ2n) is 6.01. The molecule has 0 aromatic carbocycles. The molecule has 1 saturated heterocycles. The maximum atomic E-state index is 5.35. The first-order chi connectivity index (χ1) is 12.3. The van der Waals surface area contributed by atoms with Gasteiger partial charge in [-0.05, 0) is 6.92 Å². The molecule has 0 unspecified atom stereocenters. The van der Waals surface area contributed by atoms with E-state index in [1.165, 1.54) is 5.69 Å². The number of aryl methyl sites for hydroxylation is 1. The molecule has 0 N–H and O–H groups in total. The van der Waals surface area contributed by atoms with Crippen LogP contribution >= 0.6 is 11.3 Å². The van der Waals surface area contributed by atoms with Crippen LogP contribution in [0.1, 0.15) is 16.6 Å². The number of hydrogen-bond donors (Lipinski definition) is 0. The predicted octanol–water partition coefficient (Wildman–Crippen LogP) is 1.61. The van der Waals surface area contributed by atoms with Gasteiger partial charge in [0.1, 0.15) is 5.69 Å². The molecule has 0 aliphatic carbocycles. The molecule has 0 bridgehead atoms. The third kappa shape index (κ3) is 4.06. The molecule has 9 heteroatoms. The number of nitrogens with zero attached hydrogens (tertiary/aromatic N) is 7. The van der Waals surface area contributed by atoms with E-state index in [0.717, 1.165) is 37.7 Å². The average molecular weight is 357 g/mol. The molecule has 0 atom stereocenters. The second-order valence-corrected chi connectivity index (χ2v) is 7.07. The van der Waals surface area contributed by atoms with E-state index in [1.54, 1.807) is 29.9 Å². The van der Waals surface area contributed by atoms with Crippen LogP contribution in [0.3, 0.4) is 0 Å². The first kappa shape index (κ1) is 16.2. The van der Waals surface area contributed by atoms with Crippen molar-refractivity contribution in [2.24, 2.45) is 0 Å². The van der Waals surface area contributed by atoms with Crippen molar-refractivity contribution in [3.63, 3.8) is 0 Å². The van der Waals surface area contributed by atoms with Crippen LogP contribution in [0.25, 0.3) is 11.5 Å². The lowest BCUT2D eigenvalue weighted by Crippen LogP contribution is -2.45. The summed E-state index contributed by atoms with van der Waals surface area (Å²) in [5.41, 5.74) is 1.79. The molecule has 3 aromatic rings. The van der Waals surface area contributed by atoms with Crippen molar-refractivity contribution in [1.29, 1.82) is 0 Å². The number of piperazine rings is 1. The molecule has 4 rings (SSSR count). The fourth-order valence-corrected chi connectivity index (χ4v) is 3.45. The molecular weight excluding hydrogens is 338 g/mol. The lowest BCUT2D eigenvalue weighted by molar-refractivity contribution is 0.111. The van der Waals surface area contributed by atoms with Crippen LogP contribution in [-0.2, 0) is 13.1 Å². The van der Waals surface area contributed by atoms with E-state index in [2.05, 4.69) is 40.3 Å². The van der Waals surface area contributed by atoms with Crippen LogP contribution in [0.4, 0.5) is 0 Å². The summed E-state index contributed by atoms with van der Waals surface area (Å²) in [6.07, 6.45) is 4.87. The lowest BCUT2D eigenvalue weighted by atomic mass is 10.3. The minimum absolute atomic E-state index is 0.487. The molecule has 25 heavy (non-hydrogen) atoms. The van der Waals surface area contributed by atoms with Crippen LogP contribution in [0.15, 0.2) is 28.5 Å². The minimum atomic E-state index is 0.487. The van der Waals surface area contributed by atoms with Gasteiger partial charge in [0.25, 0.3) is 0 Å². The zero-order valence-corrected chi connectivity index (χ0v) is 14.8. The first-order valence-electron chi connectivity index (χ1n) is 8.21. The molecule has 130 valence electrons. The van der Waals surface area contributed by atoms with Gasteiger partial charge in [0.2, 0.25) is 11.7 Å². The van der Waals surface area contributed by atoms with Crippen LogP contribution in [0.2, 0.25) is 0 Å². The van der Waals surface area contributed by atoms with E-state index in [9.17, 15) is 0 Å². The van der Waals surface area contributed by atoms with E-state index in [1.807, 2.05) is 6.92 Å². The molecule has 4 heterocycles. The van der Waals surface area contributed by atoms with E-state index in [-0.39, 0.29) is 0 Å². The highest BCUT2D eigenvalue weighted by molar-refractivity contribution is 7.09. The molecule has 1 fully saturated rings. The number of thiazole rings is 1. The highest BCUT2D eigenvalue weighted by Gasteiger charge is 2.20. The second kappa shape index (κ2) is 7.34. The summed E-state index contributed by atoms with van der Waals surface area (Å²) in [5, 5.41) is 7.27. The standard InChI is InChI=1S/C16H19N7OS/c1-12-19-13(11-25-12)9-22-4-6-23(7-5-22)10-15-20-16(21-24-15)14-8-17-2-3-18-14/h2-3,8,11H,4-7,9-10H2,1H3. The molecule has 0 spiro atoms. The fraction of sp³-hybridized carbons (Fsp3) is 0.438. The number of hydrogen-bond acceptors (Lipinski definition) is 9. The third-order valence-electron chi connectivity index (χ3n) is 4.14. The molecule has 1 aliphatic heterocycles. The topological polar surface area (TPSA) is 84.1 Å². The largest absolute Gasteiger partial charge is 0.337 e. The van der Waals surface area contributed by atoms with Gasteiger partial charge in [-0.15, -0.1) is 11.3 Å². The van der Waals surface area contributed by atoms with Crippen LogP contribution in [0.5, 0.6) is 0 Å². The average Bonchev–Trinajstić information content (AvgIpc) is 3.27. The van der Waals surface area contributed by atoms with Crippen molar-refractivity contribution in [3.8, 4) is 11.5 Å². The normalized spacial score (nSPS) is 16.4. The molecule has 0 amide bonds. The Bertz CT molecular complexity index is 811. The maximum absolute atomic E-state index is 5.35. The summed E-state index contributed by atoms with van der Waals surface area (Å²) in [5.74, 6) is 1.10. The Morgan fingerprint density at radius 3 is 2.56 bits per heavy atom. The Balaban J connectivity index is 1.29. The Labute approximate surface area is 149 Å². The van der Waals surface area contributed by atoms with Crippen LogP contribution < -0.4 is 0 Å². The van der Waals surface area contributed by atoms with E-state index in [4.69, 9.17) is 4.52 Å². The van der Waals surface area contributed by atoms with Crippen LogP contribution in [0, 0.1) is 6.92 Å². The Morgan fingerprint density at radius 2 is 1.88 bits per heavy atom. The summed E-state index contributed by atoms with van der Waals surface area (Å²) < 4.78 is 5.35. The molecule has 1 aliphatic rings. The van der Waals surface area contributed by atoms with Crippen molar-refractivity contribution >= 4 is 11.3 Å². The van der Waals surface area contributed by atoms with E-state index >= 15 is 0 Å². The smallest absolute Gasteiger partial charge is 0.241 e. The first-order valence-corrected chi connectivity index (χ1v) is 9.09. The highest BCUT2D eigenvalue weighted by atomic mass is 32.1. The van der Waals surface area contributed by atoms with Crippen molar-refractivity contribution < 1.29 is 4.52 Å². The zero-order valence-electron chi connectivity index (χ0n) is 14.0. The summed E-state index contributed by atoms with van der Waals surface area (Å²) in [6.45, 7) is 7.62. The van der Waals surface area contributed by atoms with Crippen LogP contribution in [-0.4, -0.2) is 61.1 Å². The molecule has 3 aromatic heterocycles. The number of aromatic nitrogens is 5. The number of rotatable bonds is 5. The summed E-state index contributed by atoms with van der Waals surface area (Å²) >= 11 is 1.71.